The zero-order valence-electron chi connectivity index (χ0n) is 11.1. The number of nitrogens with one attached hydrogen (secondary N) is 1. The minimum atomic E-state index is -0.250. The van der Waals surface area contributed by atoms with E-state index in [-0.39, 0.29) is 11.9 Å². The van der Waals surface area contributed by atoms with Crippen molar-refractivity contribution in [2.24, 2.45) is 0 Å². The number of benzene rings is 2. The van der Waals surface area contributed by atoms with Crippen LogP contribution in [0.5, 0.6) is 5.75 Å². The minimum Gasteiger partial charge on any atom is -0.496 e. The Kier molecular flexibility index (Phi) is 5.05. The highest BCUT2D eigenvalue weighted by Gasteiger charge is 2.11. The van der Waals surface area contributed by atoms with Crippen LogP contribution >= 0.6 is 31.9 Å². The molecule has 0 aliphatic rings. The van der Waals surface area contributed by atoms with Gasteiger partial charge in [0.2, 0.25) is 0 Å². The number of hydrogen-bond donors (Lipinski definition) is 1. The van der Waals surface area contributed by atoms with Gasteiger partial charge in [0.25, 0.3) is 0 Å². The van der Waals surface area contributed by atoms with Crippen molar-refractivity contribution in [2.75, 3.05) is 12.4 Å². The molecule has 1 N–H and O–H groups in total. The van der Waals surface area contributed by atoms with Gasteiger partial charge in [-0.3, -0.25) is 0 Å². The van der Waals surface area contributed by atoms with Crippen molar-refractivity contribution in [2.45, 2.75) is 13.0 Å². The van der Waals surface area contributed by atoms with Gasteiger partial charge in [0.05, 0.1) is 11.6 Å². The van der Waals surface area contributed by atoms with E-state index in [0.29, 0.717) is 0 Å². The molecule has 0 radical (unpaired) electrons. The quantitative estimate of drug-likeness (QED) is 0.725. The molecule has 2 aromatic carbocycles. The fourth-order valence-electron chi connectivity index (χ4n) is 1.94. The van der Waals surface area contributed by atoms with Gasteiger partial charge in [-0.1, -0.05) is 22.0 Å². The van der Waals surface area contributed by atoms with Gasteiger partial charge in [0, 0.05) is 16.2 Å². The highest BCUT2D eigenvalue weighted by molar-refractivity contribution is 9.10. The fourth-order valence-corrected chi connectivity index (χ4v) is 3.17. The summed E-state index contributed by atoms with van der Waals surface area (Å²) in [5.74, 6) is 0.534. The molecule has 1 atom stereocenters. The first-order chi connectivity index (χ1) is 9.51. The zero-order valence-corrected chi connectivity index (χ0v) is 14.3. The fraction of sp³-hybridized carbons (Fsp3) is 0.200. The molecule has 0 spiro atoms. The van der Waals surface area contributed by atoms with Crippen LogP contribution in [-0.4, -0.2) is 7.11 Å². The third kappa shape index (κ3) is 3.52. The Morgan fingerprint density at radius 1 is 1.10 bits per heavy atom. The van der Waals surface area contributed by atoms with Gasteiger partial charge in [0.15, 0.2) is 0 Å². The number of hydrogen-bond acceptors (Lipinski definition) is 2. The van der Waals surface area contributed by atoms with E-state index in [1.165, 1.54) is 12.1 Å². The van der Waals surface area contributed by atoms with Crippen molar-refractivity contribution in [3.8, 4) is 5.75 Å². The molecule has 0 fully saturated rings. The number of anilines is 1. The van der Waals surface area contributed by atoms with E-state index in [1.807, 2.05) is 25.1 Å². The third-order valence-electron chi connectivity index (χ3n) is 2.96. The Labute approximate surface area is 134 Å². The molecule has 0 aromatic heterocycles. The van der Waals surface area contributed by atoms with Gasteiger partial charge in [0.1, 0.15) is 11.6 Å². The summed E-state index contributed by atoms with van der Waals surface area (Å²) >= 11 is 6.84. The van der Waals surface area contributed by atoms with E-state index >= 15 is 0 Å². The van der Waals surface area contributed by atoms with E-state index in [9.17, 15) is 4.39 Å². The van der Waals surface area contributed by atoms with Gasteiger partial charge >= 0.3 is 0 Å². The third-order valence-corrected chi connectivity index (χ3v) is 4.27. The predicted octanol–water partition coefficient (Wildman–Crippen LogP) is 5.53. The molecule has 1 unspecified atom stereocenters. The molecule has 0 amide bonds. The molecule has 0 aliphatic heterocycles. The van der Waals surface area contributed by atoms with Crippen molar-refractivity contribution in [1.82, 2.24) is 0 Å². The molecule has 2 rings (SSSR count). The molecule has 5 heteroatoms. The monoisotopic (exact) mass is 401 g/mol. The Balaban J connectivity index is 2.18. The second kappa shape index (κ2) is 6.59. The Morgan fingerprint density at radius 3 is 2.45 bits per heavy atom. The largest absolute Gasteiger partial charge is 0.496 e. The standard InChI is InChI=1S/C15H14Br2FNO/c1-9(12-5-3-10(18)7-13(12)16)19-11-4-6-15(20-2)14(17)8-11/h3-9,19H,1-2H3. The van der Waals surface area contributed by atoms with Gasteiger partial charge < -0.3 is 10.1 Å². The van der Waals surface area contributed by atoms with Crippen molar-refractivity contribution in [1.29, 1.82) is 0 Å². The van der Waals surface area contributed by atoms with Crippen molar-refractivity contribution in [3.63, 3.8) is 0 Å². The van der Waals surface area contributed by atoms with E-state index in [1.54, 1.807) is 13.2 Å². The van der Waals surface area contributed by atoms with E-state index < -0.39 is 0 Å². The lowest BCUT2D eigenvalue weighted by atomic mass is 10.1. The van der Waals surface area contributed by atoms with E-state index in [2.05, 4.69) is 37.2 Å². The lowest BCUT2D eigenvalue weighted by Gasteiger charge is -2.18. The van der Waals surface area contributed by atoms with Crippen LogP contribution in [-0.2, 0) is 0 Å². The van der Waals surface area contributed by atoms with Gasteiger partial charge in [-0.25, -0.2) is 4.39 Å². The normalized spacial score (nSPS) is 12.1. The molecule has 2 nitrogen and oxygen atoms in total. The van der Waals surface area contributed by atoms with Crippen LogP contribution < -0.4 is 10.1 Å². The van der Waals surface area contributed by atoms with Crippen molar-refractivity contribution in [3.05, 3.63) is 56.7 Å². The van der Waals surface area contributed by atoms with Crippen molar-refractivity contribution >= 4 is 37.5 Å². The smallest absolute Gasteiger partial charge is 0.133 e. The van der Waals surface area contributed by atoms with Crippen LogP contribution in [0.2, 0.25) is 0 Å². The molecular weight excluding hydrogens is 389 g/mol. The first kappa shape index (κ1) is 15.3. The molecule has 0 heterocycles. The predicted molar refractivity (Wildman–Crippen MR) is 86.8 cm³/mol. The van der Waals surface area contributed by atoms with Gasteiger partial charge in [-0.05, 0) is 58.7 Å². The van der Waals surface area contributed by atoms with Crippen LogP contribution in [0.1, 0.15) is 18.5 Å². The molecule has 0 saturated heterocycles. The lowest BCUT2D eigenvalue weighted by Crippen LogP contribution is -2.07. The minimum absolute atomic E-state index is 0.0465. The second-order valence-electron chi connectivity index (χ2n) is 4.38. The molecule has 0 aliphatic carbocycles. The topological polar surface area (TPSA) is 21.3 Å². The summed E-state index contributed by atoms with van der Waals surface area (Å²) in [5, 5.41) is 3.37. The molecule has 2 aromatic rings. The summed E-state index contributed by atoms with van der Waals surface area (Å²) in [5.41, 5.74) is 1.96. The van der Waals surface area contributed by atoms with Gasteiger partial charge in [-0.15, -0.1) is 0 Å². The summed E-state index contributed by atoms with van der Waals surface area (Å²) < 4.78 is 19.9. The first-order valence-electron chi connectivity index (χ1n) is 6.06. The SMILES string of the molecule is COc1ccc(NC(C)c2ccc(F)cc2Br)cc1Br. The Morgan fingerprint density at radius 2 is 1.85 bits per heavy atom. The van der Waals surface area contributed by atoms with E-state index in [4.69, 9.17) is 4.74 Å². The maximum Gasteiger partial charge on any atom is 0.133 e. The van der Waals surface area contributed by atoms with Crippen LogP contribution in [0, 0.1) is 5.82 Å². The summed E-state index contributed by atoms with van der Waals surface area (Å²) in [6.07, 6.45) is 0. The number of ether oxygens (including phenoxy) is 1. The van der Waals surface area contributed by atoms with Crippen LogP contribution in [0.15, 0.2) is 45.3 Å². The van der Waals surface area contributed by atoms with Gasteiger partial charge in [-0.2, -0.15) is 0 Å². The first-order valence-corrected chi connectivity index (χ1v) is 7.65. The van der Waals surface area contributed by atoms with Crippen LogP contribution in [0.3, 0.4) is 0 Å². The molecular formula is C15H14Br2FNO. The molecule has 0 saturated carbocycles. The number of rotatable bonds is 4. The van der Waals surface area contributed by atoms with Crippen molar-refractivity contribution < 1.29 is 9.13 Å². The van der Waals surface area contributed by atoms with E-state index in [0.717, 1.165) is 25.9 Å². The molecule has 0 bridgehead atoms. The van der Waals surface area contributed by atoms with Crippen LogP contribution in [0.4, 0.5) is 10.1 Å². The second-order valence-corrected chi connectivity index (χ2v) is 6.09. The molecule has 20 heavy (non-hydrogen) atoms. The highest BCUT2D eigenvalue weighted by Crippen LogP contribution is 2.31. The highest BCUT2D eigenvalue weighted by atomic mass is 79.9. The zero-order chi connectivity index (χ0) is 14.7. The Bertz CT molecular complexity index is 619. The maximum atomic E-state index is 13.1. The average Bonchev–Trinajstić information content (AvgIpc) is 2.38. The number of halogens is 3. The summed E-state index contributed by atoms with van der Waals surface area (Å²) in [4.78, 5) is 0. The lowest BCUT2D eigenvalue weighted by molar-refractivity contribution is 0.412. The molecule has 106 valence electrons. The summed E-state index contributed by atoms with van der Waals surface area (Å²) in [7, 11) is 1.63. The number of methoxy groups -OCH3 is 1. The Hall–Kier alpha value is -1.07. The van der Waals surface area contributed by atoms with Crippen LogP contribution in [0.25, 0.3) is 0 Å². The summed E-state index contributed by atoms with van der Waals surface area (Å²) in [6, 6.07) is 10.5. The summed E-state index contributed by atoms with van der Waals surface area (Å²) in [6.45, 7) is 2.02. The maximum absolute atomic E-state index is 13.1. The average molecular weight is 403 g/mol.